The number of rotatable bonds is 6. The molecule has 0 aromatic rings. The Kier molecular flexibility index (Phi) is 7.23. The minimum atomic E-state index is -0.602. The van der Waals surface area contributed by atoms with Crippen molar-refractivity contribution in [1.29, 1.82) is 0 Å². The third kappa shape index (κ3) is 5.82. The molecule has 1 unspecified atom stereocenters. The highest BCUT2D eigenvalue weighted by Crippen LogP contribution is 1.88. The molecule has 0 radical (unpaired) electrons. The molecule has 0 saturated carbocycles. The predicted octanol–water partition coefficient (Wildman–Crippen LogP) is -1.08. The molecule has 3 N–H and O–H groups in total. The molecule has 6 heteroatoms. The molecular weight excluding hydrogens is 204 g/mol. The number of amides is 2. The van der Waals surface area contributed by atoms with Gasteiger partial charge in [0.25, 0.3) is 0 Å². The zero-order valence-corrected chi connectivity index (χ0v) is 9.01. The van der Waals surface area contributed by atoms with Crippen LogP contribution in [0.3, 0.4) is 0 Å². The number of hydrogen-bond donors (Lipinski definition) is 4. The van der Waals surface area contributed by atoms with Crippen LogP contribution in [0.2, 0.25) is 0 Å². The Balaban J connectivity index is 3.85. The maximum atomic E-state index is 11.3. The van der Waals surface area contributed by atoms with Crippen molar-refractivity contribution < 1.29 is 14.7 Å². The van der Waals surface area contributed by atoms with Crippen LogP contribution in [0.4, 0.5) is 0 Å². The number of aliphatic hydroxyl groups excluding tert-OH is 1. The minimum Gasteiger partial charge on any atom is -0.396 e. The van der Waals surface area contributed by atoms with Crippen molar-refractivity contribution >= 4 is 24.4 Å². The minimum absolute atomic E-state index is 0.0337. The molecule has 2 amide bonds. The summed E-state index contributed by atoms with van der Waals surface area (Å²) < 4.78 is 0. The summed E-state index contributed by atoms with van der Waals surface area (Å²) >= 11 is 3.95. The summed E-state index contributed by atoms with van der Waals surface area (Å²) in [5, 5.41) is 13.5. The lowest BCUT2D eigenvalue weighted by atomic mass is 10.3. The van der Waals surface area contributed by atoms with Gasteiger partial charge in [-0.3, -0.25) is 9.59 Å². The highest BCUT2D eigenvalue weighted by molar-refractivity contribution is 7.80. The molecule has 0 bridgehead atoms. The highest BCUT2D eigenvalue weighted by Gasteiger charge is 2.16. The SMILES string of the molecule is CC(=O)NC(CS)C(=O)NCCCO. The van der Waals surface area contributed by atoms with Crippen molar-refractivity contribution in [2.45, 2.75) is 19.4 Å². The van der Waals surface area contributed by atoms with Gasteiger partial charge in [0.05, 0.1) is 0 Å². The Morgan fingerprint density at radius 1 is 1.50 bits per heavy atom. The van der Waals surface area contributed by atoms with Gasteiger partial charge in [-0.1, -0.05) is 0 Å². The molecule has 0 aromatic heterocycles. The molecule has 5 nitrogen and oxygen atoms in total. The maximum absolute atomic E-state index is 11.3. The number of aliphatic hydroxyl groups is 1. The topological polar surface area (TPSA) is 78.4 Å². The van der Waals surface area contributed by atoms with Gasteiger partial charge in [0.1, 0.15) is 6.04 Å². The summed E-state index contributed by atoms with van der Waals surface area (Å²) in [5.74, 6) is -0.283. The largest absolute Gasteiger partial charge is 0.396 e. The van der Waals surface area contributed by atoms with E-state index < -0.39 is 6.04 Å². The van der Waals surface area contributed by atoms with Crippen LogP contribution in [-0.2, 0) is 9.59 Å². The molecule has 0 saturated heterocycles. The van der Waals surface area contributed by atoms with E-state index in [9.17, 15) is 9.59 Å². The van der Waals surface area contributed by atoms with Gasteiger partial charge in [0, 0.05) is 25.8 Å². The Morgan fingerprint density at radius 3 is 2.57 bits per heavy atom. The smallest absolute Gasteiger partial charge is 0.243 e. The average molecular weight is 220 g/mol. The number of carbonyl (C=O) groups excluding carboxylic acids is 2. The van der Waals surface area contributed by atoms with Gasteiger partial charge in [0.2, 0.25) is 11.8 Å². The Bertz CT molecular complexity index is 199. The number of carbonyl (C=O) groups is 2. The van der Waals surface area contributed by atoms with Gasteiger partial charge in [-0.25, -0.2) is 0 Å². The van der Waals surface area contributed by atoms with Crippen molar-refractivity contribution in [3.05, 3.63) is 0 Å². The van der Waals surface area contributed by atoms with E-state index in [-0.39, 0.29) is 24.2 Å². The first kappa shape index (κ1) is 13.2. The molecule has 1 atom stereocenters. The molecular formula is C8H16N2O3S. The van der Waals surface area contributed by atoms with Crippen LogP contribution in [-0.4, -0.2) is 41.9 Å². The molecule has 0 aliphatic carbocycles. The third-order valence-electron chi connectivity index (χ3n) is 1.51. The molecule has 0 aromatic carbocycles. The van der Waals surface area contributed by atoms with Crippen LogP contribution < -0.4 is 10.6 Å². The Labute approximate surface area is 88.7 Å². The van der Waals surface area contributed by atoms with E-state index in [1.54, 1.807) is 0 Å². The van der Waals surface area contributed by atoms with Crippen molar-refractivity contribution in [3.63, 3.8) is 0 Å². The highest BCUT2D eigenvalue weighted by atomic mass is 32.1. The van der Waals surface area contributed by atoms with E-state index in [2.05, 4.69) is 23.3 Å². The molecule has 0 fully saturated rings. The molecule has 82 valence electrons. The van der Waals surface area contributed by atoms with E-state index in [0.717, 1.165) is 0 Å². The van der Waals surface area contributed by atoms with Gasteiger partial charge in [-0.2, -0.15) is 12.6 Å². The van der Waals surface area contributed by atoms with E-state index in [1.165, 1.54) is 6.92 Å². The zero-order valence-electron chi connectivity index (χ0n) is 8.12. The summed E-state index contributed by atoms with van der Waals surface area (Å²) in [5.41, 5.74) is 0. The predicted molar refractivity (Wildman–Crippen MR) is 56.2 cm³/mol. The van der Waals surface area contributed by atoms with E-state index in [0.29, 0.717) is 13.0 Å². The fraction of sp³-hybridized carbons (Fsp3) is 0.750. The van der Waals surface area contributed by atoms with Crippen LogP contribution >= 0.6 is 12.6 Å². The average Bonchev–Trinajstić information content (AvgIpc) is 2.14. The first-order valence-electron chi connectivity index (χ1n) is 4.38. The molecule has 14 heavy (non-hydrogen) atoms. The second-order valence-corrected chi connectivity index (χ2v) is 3.17. The fourth-order valence-corrected chi connectivity index (χ4v) is 1.11. The summed E-state index contributed by atoms with van der Waals surface area (Å²) in [7, 11) is 0. The monoisotopic (exact) mass is 220 g/mol. The van der Waals surface area contributed by atoms with Crippen molar-refractivity contribution in [1.82, 2.24) is 10.6 Å². The van der Waals surface area contributed by atoms with Crippen LogP contribution in [0, 0.1) is 0 Å². The van der Waals surface area contributed by atoms with E-state index >= 15 is 0 Å². The molecule has 0 spiro atoms. The van der Waals surface area contributed by atoms with Gasteiger partial charge in [-0.05, 0) is 6.42 Å². The van der Waals surface area contributed by atoms with Crippen LogP contribution in [0.25, 0.3) is 0 Å². The van der Waals surface area contributed by atoms with E-state index in [4.69, 9.17) is 5.11 Å². The molecule has 0 heterocycles. The summed E-state index contributed by atoms with van der Waals surface area (Å²) in [4.78, 5) is 22.0. The molecule has 0 rings (SSSR count). The normalized spacial score (nSPS) is 11.9. The van der Waals surface area contributed by atoms with Crippen molar-refractivity contribution in [3.8, 4) is 0 Å². The van der Waals surface area contributed by atoms with Crippen LogP contribution in [0.15, 0.2) is 0 Å². The van der Waals surface area contributed by atoms with Gasteiger partial charge in [0.15, 0.2) is 0 Å². The zero-order chi connectivity index (χ0) is 11.0. The Hall–Kier alpha value is -0.750. The fourth-order valence-electron chi connectivity index (χ4n) is 0.853. The van der Waals surface area contributed by atoms with Gasteiger partial charge in [-0.15, -0.1) is 0 Å². The van der Waals surface area contributed by atoms with Crippen molar-refractivity contribution in [2.75, 3.05) is 18.9 Å². The third-order valence-corrected chi connectivity index (χ3v) is 1.88. The van der Waals surface area contributed by atoms with Gasteiger partial charge >= 0.3 is 0 Å². The summed E-state index contributed by atoms with van der Waals surface area (Å²) in [6.45, 7) is 1.78. The quantitative estimate of drug-likeness (QED) is 0.340. The first-order valence-corrected chi connectivity index (χ1v) is 5.01. The van der Waals surface area contributed by atoms with Crippen LogP contribution in [0.1, 0.15) is 13.3 Å². The first-order chi connectivity index (χ1) is 6.61. The lowest BCUT2D eigenvalue weighted by Crippen LogP contribution is -2.47. The van der Waals surface area contributed by atoms with Crippen molar-refractivity contribution in [2.24, 2.45) is 0 Å². The summed E-state index contributed by atoms with van der Waals surface area (Å²) in [6, 6.07) is -0.602. The molecule has 0 aliphatic heterocycles. The van der Waals surface area contributed by atoms with Crippen LogP contribution in [0.5, 0.6) is 0 Å². The number of nitrogens with one attached hydrogen (secondary N) is 2. The number of hydrogen-bond acceptors (Lipinski definition) is 4. The lowest BCUT2D eigenvalue weighted by Gasteiger charge is -2.14. The maximum Gasteiger partial charge on any atom is 0.243 e. The summed E-state index contributed by atoms with van der Waals surface area (Å²) in [6.07, 6.45) is 0.505. The molecule has 0 aliphatic rings. The second kappa shape index (κ2) is 7.64. The van der Waals surface area contributed by atoms with Gasteiger partial charge < -0.3 is 15.7 Å². The lowest BCUT2D eigenvalue weighted by molar-refractivity contribution is -0.127. The standard InChI is InChI=1S/C8H16N2O3S/c1-6(12)10-7(5-14)8(13)9-3-2-4-11/h7,11,14H,2-5H2,1H3,(H,9,13)(H,10,12). The van der Waals surface area contributed by atoms with E-state index in [1.807, 2.05) is 0 Å². The second-order valence-electron chi connectivity index (χ2n) is 2.80. The number of thiol groups is 1. The Morgan fingerprint density at radius 2 is 2.14 bits per heavy atom.